The molecule has 6 nitrogen and oxygen atoms in total. The molecule has 0 bridgehead atoms. The first kappa shape index (κ1) is 14.0. The number of hydrogen-bond acceptors (Lipinski definition) is 4. The van der Waals surface area contributed by atoms with Crippen LogP contribution >= 0.6 is 12.2 Å². The summed E-state index contributed by atoms with van der Waals surface area (Å²) in [7, 11) is 0. The van der Waals surface area contributed by atoms with Crippen LogP contribution in [0.3, 0.4) is 0 Å². The summed E-state index contributed by atoms with van der Waals surface area (Å²) in [5.74, 6) is 0.776. The van der Waals surface area contributed by atoms with Crippen molar-refractivity contribution in [3.8, 4) is 0 Å². The van der Waals surface area contributed by atoms with Crippen LogP contribution < -0.4 is 10.6 Å². The Bertz CT molecular complexity index is 596. The van der Waals surface area contributed by atoms with Gasteiger partial charge in [0.2, 0.25) is 0 Å². The predicted molar refractivity (Wildman–Crippen MR) is 79.6 cm³/mol. The maximum atomic E-state index is 10.5. The number of nitrogens with zero attached hydrogens (tertiary/aromatic N) is 1. The molecule has 0 aliphatic rings. The summed E-state index contributed by atoms with van der Waals surface area (Å²) in [5, 5.41) is 17.0. The Labute approximate surface area is 120 Å². The minimum Gasteiger partial charge on any atom is -0.467 e. The zero-order chi connectivity index (χ0) is 14.5. The number of benzene rings is 1. The predicted octanol–water partition coefficient (Wildman–Crippen LogP) is 3.24. The molecule has 0 saturated heterocycles. The second-order valence-corrected chi connectivity index (χ2v) is 4.55. The van der Waals surface area contributed by atoms with Crippen molar-refractivity contribution < 1.29 is 9.34 Å². The smallest absolute Gasteiger partial charge is 0.269 e. The highest BCUT2D eigenvalue weighted by Crippen LogP contribution is 2.16. The molecule has 20 heavy (non-hydrogen) atoms. The molecule has 0 spiro atoms. The summed E-state index contributed by atoms with van der Waals surface area (Å²) in [5.41, 5.74) is 0.720. The lowest BCUT2D eigenvalue weighted by Crippen LogP contribution is -2.30. The molecular formula is C13H13N3O3S. The number of furan rings is 1. The van der Waals surface area contributed by atoms with Gasteiger partial charge in [0.15, 0.2) is 5.11 Å². The van der Waals surface area contributed by atoms with Crippen LogP contribution in [0, 0.1) is 10.1 Å². The molecule has 0 aliphatic carbocycles. The summed E-state index contributed by atoms with van der Waals surface area (Å²) >= 11 is 5.17. The normalized spacial score (nSPS) is 11.7. The summed E-state index contributed by atoms with van der Waals surface area (Å²) in [4.78, 5) is 10.1. The summed E-state index contributed by atoms with van der Waals surface area (Å²) in [6, 6.07) is 9.63. The van der Waals surface area contributed by atoms with E-state index in [9.17, 15) is 10.1 Å². The molecule has 0 unspecified atom stereocenters. The van der Waals surface area contributed by atoms with Gasteiger partial charge in [-0.05, 0) is 43.4 Å². The van der Waals surface area contributed by atoms with Gasteiger partial charge in [0, 0.05) is 17.8 Å². The van der Waals surface area contributed by atoms with E-state index < -0.39 is 4.92 Å². The van der Waals surface area contributed by atoms with E-state index in [4.69, 9.17) is 16.6 Å². The molecule has 104 valence electrons. The van der Waals surface area contributed by atoms with Crippen LogP contribution in [0.15, 0.2) is 47.1 Å². The number of anilines is 1. The monoisotopic (exact) mass is 291 g/mol. The largest absolute Gasteiger partial charge is 0.467 e. The van der Waals surface area contributed by atoms with Gasteiger partial charge in [0.05, 0.1) is 17.2 Å². The van der Waals surface area contributed by atoms with Gasteiger partial charge >= 0.3 is 0 Å². The second kappa shape index (κ2) is 6.16. The number of rotatable bonds is 4. The average Bonchev–Trinajstić information content (AvgIpc) is 2.93. The molecule has 0 aliphatic heterocycles. The zero-order valence-corrected chi connectivity index (χ0v) is 11.5. The van der Waals surface area contributed by atoms with E-state index in [2.05, 4.69) is 10.6 Å². The molecule has 1 aromatic heterocycles. The highest BCUT2D eigenvalue weighted by Gasteiger charge is 2.10. The van der Waals surface area contributed by atoms with Gasteiger partial charge in [0.1, 0.15) is 5.76 Å². The number of nitro benzene ring substituents is 1. The number of non-ortho nitro benzene ring substituents is 1. The molecule has 0 amide bonds. The van der Waals surface area contributed by atoms with Crippen LogP contribution in [0.2, 0.25) is 0 Å². The Balaban J connectivity index is 1.92. The van der Waals surface area contributed by atoms with Crippen molar-refractivity contribution in [3.63, 3.8) is 0 Å². The van der Waals surface area contributed by atoms with Crippen molar-refractivity contribution in [3.05, 3.63) is 58.5 Å². The quantitative estimate of drug-likeness (QED) is 0.511. The number of thiocarbonyl (C=S) groups is 1. The van der Waals surface area contributed by atoms with E-state index in [1.165, 1.54) is 12.1 Å². The van der Waals surface area contributed by atoms with Crippen LogP contribution in [0.5, 0.6) is 0 Å². The molecule has 1 aromatic carbocycles. The summed E-state index contributed by atoms with van der Waals surface area (Å²) in [6.07, 6.45) is 1.60. The lowest BCUT2D eigenvalue weighted by atomic mass is 10.2. The zero-order valence-electron chi connectivity index (χ0n) is 10.7. The molecule has 7 heteroatoms. The summed E-state index contributed by atoms with van der Waals surface area (Å²) < 4.78 is 5.26. The maximum Gasteiger partial charge on any atom is 0.269 e. The van der Waals surface area contributed by atoms with Gasteiger partial charge in [-0.15, -0.1) is 0 Å². The first-order chi connectivity index (χ1) is 9.56. The molecule has 1 heterocycles. The van der Waals surface area contributed by atoms with Gasteiger partial charge in [0.25, 0.3) is 5.69 Å². The van der Waals surface area contributed by atoms with Crippen molar-refractivity contribution in [2.45, 2.75) is 13.0 Å². The number of hydrogen-bond donors (Lipinski definition) is 2. The highest BCUT2D eigenvalue weighted by atomic mass is 32.1. The lowest BCUT2D eigenvalue weighted by Gasteiger charge is -2.15. The highest BCUT2D eigenvalue weighted by molar-refractivity contribution is 7.80. The Hall–Kier alpha value is -2.41. The van der Waals surface area contributed by atoms with Crippen molar-refractivity contribution >= 4 is 28.7 Å². The fourth-order valence-electron chi connectivity index (χ4n) is 1.64. The third-order valence-electron chi connectivity index (χ3n) is 2.65. The minimum atomic E-state index is -0.445. The van der Waals surface area contributed by atoms with Crippen LogP contribution in [0.1, 0.15) is 18.7 Å². The van der Waals surface area contributed by atoms with E-state index >= 15 is 0 Å². The van der Waals surface area contributed by atoms with Crippen LogP contribution in [0.25, 0.3) is 0 Å². The Kier molecular flexibility index (Phi) is 4.31. The number of nitro groups is 1. The fourth-order valence-corrected chi connectivity index (χ4v) is 1.93. The van der Waals surface area contributed by atoms with Crippen LogP contribution in [-0.4, -0.2) is 10.0 Å². The van der Waals surface area contributed by atoms with Gasteiger partial charge in [-0.3, -0.25) is 10.1 Å². The average molecular weight is 291 g/mol. The maximum absolute atomic E-state index is 10.5. The molecule has 0 fully saturated rings. The van der Waals surface area contributed by atoms with Gasteiger partial charge in [-0.1, -0.05) is 0 Å². The lowest BCUT2D eigenvalue weighted by molar-refractivity contribution is -0.384. The second-order valence-electron chi connectivity index (χ2n) is 4.14. The standard InChI is InChI=1S/C13H13N3O3S/c1-9(12-3-2-8-19-12)14-13(20)15-10-4-6-11(7-5-10)16(17)18/h2-9H,1H3,(H2,14,15,20)/t9-/m1/s1. The first-order valence-electron chi connectivity index (χ1n) is 5.91. The van der Waals surface area contributed by atoms with Crippen molar-refractivity contribution in [1.29, 1.82) is 0 Å². The molecule has 0 saturated carbocycles. The topological polar surface area (TPSA) is 80.3 Å². The Morgan fingerprint density at radius 3 is 2.60 bits per heavy atom. The van der Waals surface area contributed by atoms with Crippen LogP contribution in [-0.2, 0) is 0 Å². The molecule has 2 N–H and O–H groups in total. The summed E-state index contributed by atoms with van der Waals surface area (Å²) in [6.45, 7) is 1.92. The SMILES string of the molecule is C[C@@H](NC(=S)Nc1ccc([N+](=O)[O-])cc1)c1ccco1. The number of nitrogens with one attached hydrogen (secondary N) is 2. The van der Waals surface area contributed by atoms with Crippen molar-refractivity contribution in [2.75, 3.05) is 5.32 Å². The Morgan fingerprint density at radius 2 is 2.05 bits per heavy atom. The van der Waals surface area contributed by atoms with E-state index in [0.717, 1.165) is 5.76 Å². The third kappa shape index (κ3) is 3.55. The van der Waals surface area contributed by atoms with Crippen molar-refractivity contribution in [2.24, 2.45) is 0 Å². The van der Waals surface area contributed by atoms with Gasteiger partial charge in [-0.25, -0.2) is 0 Å². The molecule has 2 rings (SSSR count). The third-order valence-corrected chi connectivity index (χ3v) is 2.87. The van der Waals surface area contributed by atoms with E-state index in [0.29, 0.717) is 10.8 Å². The van der Waals surface area contributed by atoms with Gasteiger partial charge in [-0.2, -0.15) is 0 Å². The fraction of sp³-hybridized carbons (Fsp3) is 0.154. The first-order valence-corrected chi connectivity index (χ1v) is 6.32. The minimum absolute atomic E-state index is 0.0402. The molecule has 1 atom stereocenters. The van der Waals surface area contributed by atoms with E-state index in [-0.39, 0.29) is 11.7 Å². The van der Waals surface area contributed by atoms with E-state index in [1.54, 1.807) is 24.5 Å². The van der Waals surface area contributed by atoms with Crippen LogP contribution in [0.4, 0.5) is 11.4 Å². The molecule has 2 aromatic rings. The molecule has 0 radical (unpaired) electrons. The molecular weight excluding hydrogens is 278 g/mol. The Morgan fingerprint density at radius 1 is 1.35 bits per heavy atom. The van der Waals surface area contributed by atoms with Gasteiger partial charge < -0.3 is 15.1 Å². The van der Waals surface area contributed by atoms with E-state index in [1.807, 2.05) is 13.0 Å². The van der Waals surface area contributed by atoms with Crippen molar-refractivity contribution in [1.82, 2.24) is 5.32 Å².